The van der Waals surface area contributed by atoms with Crippen LogP contribution < -0.4 is 31.2 Å². The van der Waals surface area contributed by atoms with Gasteiger partial charge >= 0.3 is 0 Å². The Morgan fingerprint density at radius 1 is 1.03 bits per heavy atom. The van der Waals surface area contributed by atoms with Gasteiger partial charge in [0.2, 0.25) is 5.91 Å². The predicted octanol–water partition coefficient (Wildman–Crippen LogP) is 2.50. The monoisotopic (exact) mass is 555 g/mol. The van der Waals surface area contributed by atoms with E-state index in [-0.39, 0.29) is 36.4 Å². The van der Waals surface area contributed by atoms with Crippen molar-refractivity contribution in [1.29, 1.82) is 0 Å². The zero-order chi connectivity index (χ0) is 22.6. The van der Waals surface area contributed by atoms with Gasteiger partial charge in [-0.15, -0.1) is 24.0 Å². The standard InChI is InChI=1S/C22H29N5O4.HI/c1-4-24-22(27-17-10-11-18(30-3)19(12-17)31-5-2)26-13-15-6-8-16(9-7-15)21(29)25-14-20(23)28;/h6-12H,4-5,13-14H2,1-3H3,(H2,23,28)(H,25,29)(H2,24,26,27);1H. The molecule has 32 heavy (non-hydrogen) atoms. The van der Waals surface area contributed by atoms with Crippen molar-refractivity contribution in [3.05, 3.63) is 53.6 Å². The first-order chi connectivity index (χ1) is 15.0. The van der Waals surface area contributed by atoms with Crippen molar-refractivity contribution in [2.45, 2.75) is 20.4 Å². The van der Waals surface area contributed by atoms with Crippen LogP contribution in [0.4, 0.5) is 5.69 Å². The van der Waals surface area contributed by atoms with Crippen molar-refractivity contribution in [3.63, 3.8) is 0 Å². The van der Waals surface area contributed by atoms with Gasteiger partial charge < -0.3 is 31.2 Å². The van der Waals surface area contributed by atoms with E-state index < -0.39 is 5.91 Å². The molecule has 0 fully saturated rings. The number of aliphatic imine (C=N–C) groups is 1. The van der Waals surface area contributed by atoms with Gasteiger partial charge in [0.05, 0.1) is 26.8 Å². The summed E-state index contributed by atoms with van der Waals surface area (Å²) in [6.07, 6.45) is 0. The number of carbonyl (C=O) groups is 2. The van der Waals surface area contributed by atoms with Crippen LogP contribution in [0, 0.1) is 0 Å². The molecule has 0 aliphatic rings. The molecule has 5 N–H and O–H groups in total. The third-order valence-corrected chi connectivity index (χ3v) is 4.13. The van der Waals surface area contributed by atoms with Crippen molar-refractivity contribution in [2.24, 2.45) is 10.7 Å². The molecule has 0 atom stereocenters. The molecular formula is C22H30IN5O4. The molecule has 10 heteroatoms. The Morgan fingerprint density at radius 2 is 1.75 bits per heavy atom. The number of halogens is 1. The molecule has 2 amide bonds. The van der Waals surface area contributed by atoms with Crippen LogP contribution in [0.2, 0.25) is 0 Å². The molecule has 0 aromatic heterocycles. The number of rotatable bonds is 10. The summed E-state index contributed by atoms with van der Waals surface area (Å²) in [5.74, 6) is 0.977. The fourth-order valence-electron chi connectivity index (χ4n) is 2.67. The molecule has 0 aliphatic carbocycles. The average Bonchev–Trinajstić information content (AvgIpc) is 2.77. The maximum Gasteiger partial charge on any atom is 0.251 e. The van der Waals surface area contributed by atoms with E-state index in [4.69, 9.17) is 15.2 Å². The van der Waals surface area contributed by atoms with Gasteiger partial charge in [-0.1, -0.05) is 12.1 Å². The average molecular weight is 555 g/mol. The van der Waals surface area contributed by atoms with E-state index in [9.17, 15) is 9.59 Å². The van der Waals surface area contributed by atoms with Crippen LogP contribution in [-0.4, -0.2) is 44.6 Å². The molecule has 2 aromatic carbocycles. The van der Waals surface area contributed by atoms with Gasteiger partial charge in [0.15, 0.2) is 17.5 Å². The van der Waals surface area contributed by atoms with E-state index >= 15 is 0 Å². The number of nitrogens with one attached hydrogen (secondary N) is 3. The molecule has 0 saturated carbocycles. The van der Waals surface area contributed by atoms with E-state index in [1.807, 2.05) is 44.2 Å². The van der Waals surface area contributed by atoms with Gasteiger partial charge in [-0.2, -0.15) is 0 Å². The highest BCUT2D eigenvalue weighted by atomic mass is 127. The SMILES string of the molecule is CCNC(=NCc1ccc(C(=O)NCC(N)=O)cc1)Nc1ccc(OC)c(OCC)c1.I. The van der Waals surface area contributed by atoms with E-state index in [2.05, 4.69) is 20.9 Å². The Kier molecular flexibility index (Phi) is 11.9. The second kappa shape index (κ2) is 14.1. The van der Waals surface area contributed by atoms with Gasteiger partial charge in [-0.05, 0) is 43.7 Å². The number of nitrogens with zero attached hydrogens (tertiary/aromatic N) is 1. The summed E-state index contributed by atoms with van der Waals surface area (Å²) in [6, 6.07) is 12.6. The van der Waals surface area contributed by atoms with Gasteiger partial charge in [-0.25, -0.2) is 4.99 Å². The molecule has 2 aromatic rings. The van der Waals surface area contributed by atoms with Crippen LogP contribution in [0.15, 0.2) is 47.5 Å². The zero-order valence-corrected chi connectivity index (χ0v) is 20.8. The lowest BCUT2D eigenvalue weighted by molar-refractivity contribution is -0.117. The Balaban J connectivity index is 0.00000512. The molecule has 0 saturated heterocycles. The lowest BCUT2D eigenvalue weighted by atomic mass is 10.1. The van der Waals surface area contributed by atoms with Crippen LogP contribution >= 0.6 is 24.0 Å². The van der Waals surface area contributed by atoms with E-state index in [1.165, 1.54) is 0 Å². The number of methoxy groups -OCH3 is 1. The Morgan fingerprint density at radius 3 is 2.34 bits per heavy atom. The fourth-order valence-corrected chi connectivity index (χ4v) is 2.67. The van der Waals surface area contributed by atoms with Gasteiger partial charge in [0.25, 0.3) is 5.91 Å². The Bertz CT molecular complexity index is 919. The van der Waals surface area contributed by atoms with E-state index in [1.54, 1.807) is 19.2 Å². The van der Waals surface area contributed by atoms with E-state index in [0.717, 1.165) is 11.3 Å². The second-order valence-corrected chi connectivity index (χ2v) is 6.46. The zero-order valence-electron chi connectivity index (χ0n) is 18.4. The molecule has 0 aliphatic heterocycles. The minimum atomic E-state index is -0.590. The predicted molar refractivity (Wildman–Crippen MR) is 136 cm³/mol. The quantitative estimate of drug-likeness (QED) is 0.203. The van der Waals surface area contributed by atoms with Crippen molar-refractivity contribution in [2.75, 3.05) is 32.1 Å². The molecule has 0 heterocycles. The largest absolute Gasteiger partial charge is 0.493 e. The lowest BCUT2D eigenvalue weighted by Crippen LogP contribution is -2.33. The summed E-state index contributed by atoms with van der Waals surface area (Å²) < 4.78 is 10.9. The minimum absolute atomic E-state index is 0. The molecule has 174 valence electrons. The minimum Gasteiger partial charge on any atom is -0.493 e. The number of guanidine groups is 1. The molecule has 0 bridgehead atoms. The van der Waals surface area contributed by atoms with Crippen molar-refractivity contribution in [1.82, 2.24) is 10.6 Å². The number of hydrogen-bond acceptors (Lipinski definition) is 5. The topological polar surface area (TPSA) is 127 Å². The molecule has 0 radical (unpaired) electrons. The number of amides is 2. The van der Waals surface area contributed by atoms with Crippen LogP contribution in [0.25, 0.3) is 0 Å². The third-order valence-electron chi connectivity index (χ3n) is 4.13. The van der Waals surface area contributed by atoms with Crippen LogP contribution in [0.5, 0.6) is 11.5 Å². The highest BCUT2D eigenvalue weighted by molar-refractivity contribution is 14.0. The lowest BCUT2D eigenvalue weighted by Gasteiger charge is -2.14. The fraction of sp³-hybridized carbons (Fsp3) is 0.318. The second-order valence-electron chi connectivity index (χ2n) is 6.46. The van der Waals surface area contributed by atoms with Crippen molar-refractivity contribution in [3.8, 4) is 11.5 Å². The van der Waals surface area contributed by atoms with Crippen LogP contribution in [0.1, 0.15) is 29.8 Å². The molecule has 2 rings (SSSR count). The summed E-state index contributed by atoms with van der Waals surface area (Å²) in [5.41, 5.74) is 7.21. The van der Waals surface area contributed by atoms with Gasteiger partial charge in [-0.3, -0.25) is 9.59 Å². The normalized spacial score (nSPS) is 10.5. The van der Waals surface area contributed by atoms with Crippen LogP contribution in [-0.2, 0) is 11.3 Å². The number of anilines is 1. The molecule has 0 unspecified atom stereocenters. The summed E-state index contributed by atoms with van der Waals surface area (Å²) in [7, 11) is 1.60. The van der Waals surface area contributed by atoms with Crippen molar-refractivity contribution >= 4 is 47.4 Å². The Labute approximate surface area is 205 Å². The first kappa shape index (κ1) is 27.0. The number of hydrogen-bond donors (Lipinski definition) is 4. The highest BCUT2D eigenvalue weighted by Gasteiger charge is 2.08. The van der Waals surface area contributed by atoms with Gasteiger partial charge in [0, 0.05) is 23.9 Å². The summed E-state index contributed by atoms with van der Waals surface area (Å²) in [5, 5.41) is 8.90. The highest BCUT2D eigenvalue weighted by Crippen LogP contribution is 2.30. The first-order valence-electron chi connectivity index (χ1n) is 9.98. The summed E-state index contributed by atoms with van der Waals surface area (Å²) in [4.78, 5) is 27.3. The maximum atomic E-state index is 11.9. The number of benzene rings is 2. The number of primary amides is 1. The summed E-state index contributed by atoms with van der Waals surface area (Å²) >= 11 is 0. The van der Waals surface area contributed by atoms with Gasteiger partial charge in [0.1, 0.15) is 0 Å². The summed E-state index contributed by atoms with van der Waals surface area (Å²) in [6.45, 7) is 5.34. The smallest absolute Gasteiger partial charge is 0.251 e. The van der Waals surface area contributed by atoms with Crippen molar-refractivity contribution < 1.29 is 19.1 Å². The molecular weight excluding hydrogens is 525 g/mol. The number of nitrogens with two attached hydrogens (primary N) is 1. The van der Waals surface area contributed by atoms with Crippen LogP contribution in [0.3, 0.4) is 0 Å². The molecule has 9 nitrogen and oxygen atoms in total. The van der Waals surface area contributed by atoms with E-state index in [0.29, 0.717) is 42.7 Å². The maximum absolute atomic E-state index is 11.9. The Hall–Kier alpha value is -3.02. The number of carbonyl (C=O) groups excluding carboxylic acids is 2. The number of ether oxygens (including phenoxy) is 2. The molecule has 0 spiro atoms. The first-order valence-corrected chi connectivity index (χ1v) is 9.98. The third kappa shape index (κ3) is 8.61.